The number of nitrogens with zero attached hydrogens (tertiary/aromatic N) is 2. The lowest BCUT2D eigenvalue weighted by molar-refractivity contribution is -0.153. The van der Waals surface area contributed by atoms with Crippen LogP contribution in [0, 0.1) is 11.8 Å². The number of ether oxygens (including phenoxy) is 1. The van der Waals surface area contributed by atoms with Crippen molar-refractivity contribution in [1.29, 1.82) is 0 Å². The minimum absolute atomic E-state index is 0.0553. The molecule has 7 N–H and O–H groups in total. The van der Waals surface area contributed by atoms with Gasteiger partial charge in [-0.2, -0.15) is 0 Å². The number of fused-ring (bicyclic) bond motifs is 3. The van der Waals surface area contributed by atoms with Gasteiger partial charge in [0.25, 0.3) is 11.8 Å². The number of carbonyl (C=O) groups excluding carboxylic acids is 5. The smallest absolute Gasteiger partial charge is 0.303 e. The number of benzene rings is 1. The standard InChI is InChI=1S/C27H32N4O10/c1-10(32)41-9-16(33)29-14-8-15(30(2)3)12-6-11-7-13-20(31(4)5)23(36)19(26(28)39)25(38)27(13,40)24(37)17(11)22(35)18(12)21(14)34/h8,11,13,20,34-35,38,40H,6-7,9H2,1-5H3,(H2,28,39)(H,29,33)/t11?,13?,20-,27-/m0/s1. The van der Waals surface area contributed by atoms with Crippen LogP contribution in [0.15, 0.2) is 23.0 Å². The monoisotopic (exact) mass is 572 g/mol. The van der Waals surface area contributed by atoms with E-state index in [-0.39, 0.29) is 29.7 Å². The number of rotatable bonds is 6. The minimum Gasteiger partial charge on any atom is -0.508 e. The quantitative estimate of drug-likeness (QED) is 0.145. The number of phenolic OH excluding ortho intramolecular Hbond substituents is 1. The largest absolute Gasteiger partial charge is 0.508 e. The van der Waals surface area contributed by atoms with Gasteiger partial charge in [-0.3, -0.25) is 28.9 Å². The molecule has 0 saturated heterocycles. The average molecular weight is 573 g/mol. The molecule has 1 aromatic rings. The molecule has 2 unspecified atom stereocenters. The average Bonchev–Trinajstić information content (AvgIpc) is 2.85. The number of nitrogens with two attached hydrogens (primary N) is 1. The molecule has 0 aliphatic heterocycles. The molecule has 2 amide bonds. The molecule has 3 aliphatic rings. The van der Waals surface area contributed by atoms with Gasteiger partial charge in [-0.05, 0) is 44.5 Å². The molecule has 41 heavy (non-hydrogen) atoms. The molecule has 1 aromatic carbocycles. The molecule has 0 aromatic heterocycles. The van der Waals surface area contributed by atoms with Crippen LogP contribution in [-0.4, -0.2) is 101 Å². The molecule has 0 spiro atoms. The highest BCUT2D eigenvalue weighted by molar-refractivity contribution is 6.24. The third-order valence-corrected chi connectivity index (χ3v) is 7.86. The van der Waals surface area contributed by atoms with E-state index in [0.29, 0.717) is 11.3 Å². The van der Waals surface area contributed by atoms with Crippen LogP contribution in [0.4, 0.5) is 11.4 Å². The van der Waals surface area contributed by atoms with Crippen LogP contribution in [-0.2, 0) is 35.1 Å². The first-order valence-electron chi connectivity index (χ1n) is 12.7. The van der Waals surface area contributed by atoms with Gasteiger partial charge in [0.05, 0.1) is 17.3 Å². The molecule has 14 heteroatoms. The summed E-state index contributed by atoms with van der Waals surface area (Å²) in [6.07, 6.45) is 0.0253. The van der Waals surface area contributed by atoms with E-state index >= 15 is 0 Å². The van der Waals surface area contributed by atoms with Gasteiger partial charge >= 0.3 is 5.97 Å². The predicted octanol–water partition coefficient (Wildman–Crippen LogP) is -0.468. The summed E-state index contributed by atoms with van der Waals surface area (Å²) < 4.78 is 4.68. The van der Waals surface area contributed by atoms with E-state index in [1.807, 2.05) is 0 Å². The summed E-state index contributed by atoms with van der Waals surface area (Å²) in [7, 11) is 6.42. The van der Waals surface area contributed by atoms with E-state index in [0.717, 1.165) is 6.92 Å². The normalized spacial score (nSPS) is 25.4. The van der Waals surface area contributed by atoms with Crippen LogP contribution in [0.1, 0.15) is 24.5 Å². The number of likely N-dealkylation sites (N-methyl/N-ethyl adjacent to an activating group) is 1. The molecular weight excluding hydrogens is 540 g/mol. The van der Waals surface area contributed by atoms with Crippen molar-refractivity contribution in [1.82, 2.24) is 4.90 Å². The van der Waals surface area contributed by atoms with Crippen molar-refractivity contribution in [3.05, 3.63) is 34.1 Å². The van der Waals surface area contributed by atoms with Crippen LogP contribution in [0.3, 0.4) is 0 Å². The lowest BCUT2D eigenvalue weighted by Gasteiger charge is -2.50. The van der Waals surface area contributed by atoms with Gasteiger partial charge in [0.1, 0.15) is 22.8 Å². The minimum atomic E-state index is -2.76. The summed E-state index contributed by atoms with van der Waals surface area (Å²) in [6.45, 7) is 0.487. The molecule has 1 fully saturated rings. The summed E-state index contributed by atoms with van der Waals surface area (Å²) in [5, 5.41) is 47.7. The lowest BCUT2D eigenvalue weighted by atomic mass is 9.57. The van der Waals surface area contributed by atoms with E-state index in [9.17, 15) is 44.4 Å². The van der Waals surface area contributed by atoms with Crippen molar-refractivity contribution < 1.29 is 49.1 Å². The number of aromatic hydroxyl groups is 1. The maximum atomic E-state index is 14.0. The number of hydrogen-bond acceptors (Lipinski definition) is 12. The van der Waals surface area contributed by atoms with Crippen LogP contribution >= 0.6 is 0 Å². The van der Waals surface area contributed by atoms with E-state index < -0.39 is 82.3 Å². The second kappa shape index (κ2) is 10.2. The number of primary amides is 1. The third kappa shape index (κ3) is 4.48. The van der Waals surface area contributed by atoms with Gasteiger partial charge in [-0.1, -0.05) is 0 Å². The Hall–Kier alpha value is -4.43. The Morgan fingerprint density at radius 2 is 1.78 bits per heavy atom. The zero-order valence-electron chi connectivity index (χ0n) is 23.1. The second-order valence-electron chi connectivity index (χ2n) is 10.8. The number of carbonyl (C=O) groups is 5. The molecule has 220 valence electrons. The number of amides is 2. The molecule has 0 bridgehead atoms. The lowest BCUT2D eigenvalue weighted by Crippen LogP contribution is -2.65. The van der Waals surface area contributed by atoms with Gasteiger partial charge in [-0.25, -0.2) is 0 Å². The fourth-order valence-corrected chi connectivity index (χ4v) is 6.14. The van der Waals surface area contributed by atoms with E-state index in [4.69, 9.17) is 5.73 Å². The number of Topliss-reactive ketones (excluding diaryl/α,β-unsaturated/α-hetero) is 2. The summed E-state index contributed by atoms with van der Waals surface area (Å²) in [4.78, 5) is 65.8. The Bertz CT molecular complexity index is 1460. The molecule has 3 aliphatic carbocycles. The first-order valence-corrected chi connectivity index (χ1v) is 12.7. The second-order valence-corrected chi connectivity index (χ2v) is 10.8. The van der Waals surface area contributed by atoms with Gasteiger partial charge in [-0.15, -0.1) is 0 Å². The highest BCUT2D eigenvalue weighted by atomic mass is 16.5. The van der Waals surface area contributed by atoms with Crippen LogP contribution in [0.5, 0.6) is 5.75 Å². The van der Waals surface area contributed by atoms with Gasteiger partial charge in [0, 0.05) is 38.2 Å². The number of hydrogen-bond donors (Lipinski definition) is 6. The zero-order chi connectivity index (χ0) is 30.7. The van der Waals surface area contributed by atoms with Crippen molar-refractivity contribution in [2.24, 2.45) is 17.6 Å². The van der Waals surface area contributed by atoms with E-state index in [1.165, 1.54) is 25.1 Å². The molecule has 4 rings (SSSR count). The molecule has 1 saturated carbocycles. The summed E-state index contributed by atoms with van der Waals surface area (Å²) >= 11 is 0. The van der Waals surface area contributed by atoms with Crippen LogP contribution < -0.4 is 16.0 Å². The van der Waals surface area contributed by atoms with Crippen LogP contribution in [0.25, 0.3) is 5.76 Å². The Labute approximate surface area is 234 Å². The van der Waals surface area contributed by atoms with Crippen molar-refractivity contribution in [3.8, 4) is 5.75 Å². The first-order chi connectivity index (χ1) is 19.0. The molecule has 0 radical (unpaired) electrons. The third-order valence-electron chi connectivity index (χ3n) is 7.86. The van der Waals surface area contributed by atoms with Crippen molar-refractivity contribution in [2.75, 3.05) is 45.0 Å². The topological polar surface area (TPSA) is 220 Å². The van der Waals surface area contributed by atoms with Crippen molar-refractivity contribution >= 4 is 46.5 Å². The van der Waals surface area contributed by atoms with E-state index in [1.54, 1.807) is 19.0 Å². The Kier molecular flexibility index (Phi) is 7.35. The Balaban J connectivity index is 1.92. The number of nitrogens with one attached hydrogen (secondary N) is 1. The van der Waals surface area contributed by atoms with E-state index in [2.05, 4.69) is 10.1 Å². The maximum Gasteiger partial charge on any atom is 0.303 e. The number of ketones is 2. The number of aliphatic hydroxyl groups excluding tert-OH is 2. The molecule has 4 atom stereocenters. The Morgan fingerprint density at radius 1 is 1.15 bits per heavy atom. The number of phenols is 1. The predicted molar refractivity (Wildman–Crippen MR) is 144 cm³/mol. The highest BCUT2D eigenvalue weighted by Crippen LogP contribution is 2.54. The summed E-state index contributed by atoms with van der Waals surface area (Å²) in [5.74, 6) is -9.19. The first kappa shape index (κ1) is 29.6. The van der Waals surface area contributed by atoms with Crippen molar-refractivity contribution in [3.63, 3.8) is 0 Å². The Morgan fingerprint density at radius 3 is 2.32 bits per heavy atom. The van der Waals surface area contributed by atoms with Gasteiger partial charge in [0.2, 0.25) is 5.78 Å². The fourth-order valence-electron chi connectivity index (χ4n) is 6.14. The number of esters is 1. The van der Waals surface area contributed by atoms with Gasteiger partial charge < -0.3 is 41.1 Å². The van der Waals surface area contributed by atoms with Crippen LogP contribution in [0.2, 0.25) is 0 Å². The molecule has 14 nitrogen and oxygen atoms in total. The fraction of sp³-hybridized carbons (Fsp3) is 0.444. The SMILES string of the molecule is CC(=O)OCC(=O)Nc1cc(N(C)C)c2c(c1O)C(O)=C1C(=O)[C@]3(O)C(O)=C(C(N)=O)C(=O)[C@@H](N(C)C)C3CC1C2. The number of anilines is 2. The highest BCUT2D eigenvalue weighted by Gasteiger charge is 2.64. The summed E-state index contributed by atoms with van der Waals surface area (Å²) in [6, 6.07) is 0.267. The van der Waals surface area contributed by atoms with Crippen molar-refractivity contribution in [2.45, 2.75) is 31.4 Å². The summed E-state index contributed by atoms with van der Waals surface area (Å²) in [5.41, 5.74) is 1.92. The molecule has 0 heterocycles. The number of aliphatic hydroxyl groups is 3. The maximum absolute atomic E-state index is 14.0. The zero-order valence-corrected chi connectivity index (χ0v) is 23.1. The van der Waals surface area contributed by atoms with Gasteiger partial charge in [0.15, 0.2) is 18.0 Å². The molecular formula is C27H32N4O10.